The predicted molar refractivity (Wildman–Crippen MR) is 129 cm³/mol. The molecular formula is C26H50O6. The number of rotatable bonds is 8. The van der Waals surface area contributed by atoms with E-state index in [1.807, 2.05) is 27.7 Å². The maximum Gasteiger partial charge on any atom is 0.309 e. The normalized spacial score (nSPS) is 25.9. The van der Waals surface area contributed by atoms with Crippen molar-refractivity contribution in [1.82, 2.24) is 0 Å². The molecule has 1 aliphatic heterocycles. The van der Waals surface area contributed by atoms with Crippen LogP contribution in [0.3, 0.4) is 0 Å². The van der Waals surface area contributed by atoms with Crippen LogP contribution in [0.4, 0.5) is 0 Å². The van der Waals surface area contributed by atoms with Gasteiger partial charge in [0.15, 0.2) is 0 Å². The highest BCUT2D eigenvalue weighted by molar-refractivity contribution is 5.73. The number of hydrogen-bond acceptors (Lipinski definition) is 6. The quantitative estimate of drug-likeness (QED) is 0.323. The third-order valence-electron chi connectivity index (χ3n) is 5.77. The van der Waals surface area contributed by atoms with Gasteiger partial charge in [-0.25, -0.2) is 0 Å². The first-order chi connectivity index (χ1) is 15.3. The Labute approximate surface area is 197 Å². The lowest BCUT2D eigenvalue weighted by Gasteiger charge is -2.33. The highest BCUT2D eigenvalue weighted by Crippen LogP contribution is 2.34. The maximum absolute atomic E-state index is 11.6. The molecule has 0 aromatic carbocycles. The van der Waals surface area contributed by atoms with Gasteiger partial charge in [-0.3, -0.25) is 9.59 Å². The molecule has 2 fully saturated rings. The second kappa shape index (κ2) is 18.3. The van der Waals surface area contributed by atoms with Crippen molar-refractivity contribution in [2.24, 2.45) is 11.8 Å². The molecule has 3 atom stereocenters. The molecule has 32 heavy (non-hydrogen) atoms. The number of cyclic esters (lactones) is 1. The van der Waals surface area contributed by atoms with E-state index in [0.717, 1.165) is 32.1 Å². The Bertz CT molecular complexity index is 489. The van der Waals surface area contributed by atoms with Gasteiger partial charge in [0.05, 0.1) is 24.0 Å². The van der Waals surface area contributed by atoms with Gasteiger partial charge >= 0.3 is 11.9 Å². The fourth-order valence-corrected chi connectivity index (χ4v) is 4.22. The summed E-state index contributed by atoms with van der Waals surface area (Å²) >= 11 is 0. The Morgan fingerprint density at radius 3 is 2.12 bits per heavy atom. The SMILES string of the molecule is CCC.CCOC1(CC)CC(C)OC(=O)C(C)C1.CCOCCOC(=O)C1CCCCC1. The van der Waals surface area contributed by atoms with Crippen molar-refractivity contribution >= 4 is 11.9 Å². The fraction of sp³-hybridized carbons (Fsp3) is 0.923. The van der Waals surface area contributed by atoms with Gasteiger partial charge < -0.3 is 18.9 Å². The van der Waals surface area contributed by atoms with Crippen LogP contribution in [0.15, 0.2) is 0 Å². The lowest BCUT2D eigenvalue weighted by molar-refractivity contribution is -0.152. The van der Waals surface area contributed by atoms with E-state index in [1.165, 1.54) is 25.7 Å². The molecule has 0 aromatic rings. The summed E-state index contributed by atoms with van der Waals surface area (Å²) in [5.41, 5.74) is -0.167. The molecule has 0 amide bonds. The topological polar surface area (TPSA) is 71.1 Å². The number of carbonyl (C=O) groups is 2. The van der Waals surface area contributed by atoms with Gasteiger partial charge in [-0.2, -0.15) is 0 Å². The van der Waals surface area contributed by atoms with Crippen molar-refractivity contribution in [3.63, 3.8) is 0 Å². The lowest BCUT2D eigenvalue weighted by Crippen LogP contribution is -2.35. The summed E-state index contributed by atoms with van der Waals surface area (Å²) in [7, 11) is 0. The van der Waals surface area contributed by atoms with Crippen LogP contribution >= 0.6 is 0 Å². The zero-order chi connectivity index (χ0) is 24.4. The monoisotopic (exact) mass is 458 g/mol. The summed E-state index contributed by atoms with van der Waals surface area (Å²) in [6, 6.07) is 0. The van der Waals surface area contributed by atoms with E-state index >= 15 is 0 Å². The van der Waals surface area contributed by atoms with E-state index in [9.17, 15) is 9.59 Å². The van der Waals surface area contributed by atoms with Crippen LogP contribution in [-0.4, -0.2) is 50.1 Å². The third-order valence-corrected chi connectivity index (χ3v) is 5.77. The summed E-state index contributed by atoms with van der Waals surface area (Å²) in [4.78, 5) is 23.0. The van der Waals surface area contributed by atoms with Crippen molar-refractivity contribution in [3.8, 4) is 0 Å². The summed E-state index contributed by atoms with van der Waals surface area (Å²) in [5, 5.41) is 0. The Kier molecular flexibility index (Phi) is 17.7. The van der Waals surface area contributed by atoms with Gasteiger partial charge in [-0.05, 0) is 46.5 Å². The van der Waals surface area contributed by atoms with Crippen LogP contribution < -0.4 is 0 Å². The second-order valence-electron chi connectivity index (χ2n) is 8.93. The van der Waals surface area contributed by atoms with Gasteiger partial charge in [-0.1, -0.05) is 53.4 Å². The van der Waals surface area contributed by atoms with Gasteiger partial charge in [0.1, 0.15) is 12.7 Å². The molecule has 0 N–H and O–H groups in total. The molecule has 1 saturated heterocycles. The van der Waals surface area contributed by atoms with Gasteiger partial charge in [0.25, 0.3) is 0 Å². The first kappa shape index (κ1) is 30.9. The number of esters is 2. The van der Waals surface area contributed by atoms with E-state index < -0.39 is 0 Å². The summed E-state index contributed by atoms with van der Waals surface area (Å²) in [6.45, 7) is 16.5. The van der Waals surface area contributed by atoms with Crippen molar-refractivity contribution in [2.75, 3.05) is 26.4 Å². The number of hydrogen-bond donors (Lipinski definition) is 0. The molecule has 0 aromatic heterocycles. The molecule has 2 rings (SSSR count). The Balaban J connectivity index is 0.000000536. The maximum atomic E-state index is 11.6. The zero-order valence-electron chi connectivity index (χ0n) is 21.9. The summed E-state index contributed by atoms with van der Waals surface area (Å²) < 4.78 is 21.4. The lowest BCUT2D eigenvalue weighted by atomic mass is 9.85. The van der Waals surface area contributed by atoms with E-state index in [4.69, 9.17) is 18.9 Å². The molecule has 0 spiro atoms. The van der Waals surface area contributed by atoms with Crippen molar-refractivity contribution < 1.29 is 28.5 Å². The van der Waals surface area contributed by atoms with Crippen LogP contribution in [0.25, 0.3) is 0 Å². The number of carbonyl (C=O) groups excluding carboxylic acids is 2. The van der Waals surface area contributed by atoms with Gasteiger partial charge in [0, 0.05) is 19.6 Å². The molecule has 1 heterocycles. The Morgan fingerprint density at radius 2 is 1.59 bits per heavy atom. The molecule has 6 nitrogen and oxygen atoms in total. The fourth-order valence-electron chi connectivity index (χ4n) is 4.22. The van der Waals surface area contributed by atoms with Crippen molar-refractivity contribution in [2.45, 2.75) is 118 Å². The van der Waals surface area contributed by atoms with Crippen LogP contribution in [0.2, 0.25) is 0 Å². The van der Waals surface area contributed by atoms with Crippen LogP contribution in [0.1, 0.15) is 106 Å². The van der Waals surface area contributed by atoms with Crippen molar-refractivity contribution in [1.29, 1.82) is 0 Å². The first-order valence-corrected chi connectivity index (χ1v) is 12.9. The predicted octanol–water partition coefficient (Wildman–Crippen LogP) is 6.10. The van der Waals surface area contributed by atoms with Gasteiger partial charge in [-0.15, -0.1) is 0 Å². The Morgan fingerprint density at radius 1 is 0.969 bits per heavy atom. The van der Waals surface area contributed by atoms with E-state index in [2.05, 4.69) is 20.8 Å². The summed E-state index contributed by atoms with van der Waals surface area (Å²) in [6.07, 6.45) is 9.37. The standard InChI is InChI=1S/C12H22O3.C11H20O3.C3H8/c1-5-12(14-6-2)7-9(3)11(13)15-10(4)8-12;1-2-13-8-9-14-11(12)10-6-4-3-5-7-10;1-3-2/h9-10H,5-8H2,1-4H3;10H,2-9H2,1H3;3H2,1-2H3. The molecule has 190 valence electrons. The minimum Gasteiger partial charge on any atom is -0.463 e. The molecule has 2 aliphatic rings. The smallest absolute Gasteiger partial charge is 0.309 e. The average Bonchev–Trinajstić information content (AvgIpc) is 2.88. The Hall–Kier alpha value is -1.14. The molecule has 3 unspecified atom stereocenters. The van der Waals surface area contributed by atoms with Crippen LogP contribution in [-0.2, 0) is 28.5 Å². The molecule has 6 heteroatoms. The summed E-state index contributed by atoms with van der Waals surface area (Å²) in [5.74, 6) is -0.00578. The molecular weight excluding hydrogens is 408 g/mol. The van der Waals surface area contributed by atoms with Gasteiger partial charge in [0.2, 0.25) is 0 Å². The minimum absolute atomic E-state index is 0.0237. The average molecular weight is 459 g/mol. The highest BCUT2D eigenvalue weighted by atomic mass is 16.6. The molecule has 0 radical (unpaired) electrons. The molecule has 0 bridgehead atoms. The van der Waals surface area contributed by atoms with E-state index in [0.29, 0.717) is 26.4 Å². The third kappa shape index (κ3) is 12.8. The number of ether oxygens (including phenoxy) is 4. The molecule has 1 aliphatic carbocycles. The zero-order valence-corrected chi connectivity index (χ0v) is 21.9. The highest BCUT2D eigenvalue weighted by Gasteiger charge is 2.39. The van der Waals surface area contributed by atoms with Crippen LogP contribution in [0, 0.1) is 11.8 Å². The first-order valence-electron chi connectivity index (χ1n) is 12.9. The second-order valence-corrected chi connectivity index (χ2v) is 8.93. The largest absolute Gasteiger partial charge is 0.463 e. The van der Waals surface area contributed by atoms with E-state index in [1.54, 1.807) is 0 Å². The minimum atomic E-state index is -0.167. The molecule has 1 saturated carbocycles. The van der Waals surface area contributed by atoms with E-state index in [-0.39, 0.29) is 35.5 Å². The van der Waals surface area contributed by atoms with Crippen LogP contribution in [0.5, 0.6) is 0 Å². The van der Waals surface area contributed by atoms with Crippen molar-refractivity contribution in [3.05, 3.63) is 0 Å².